The van der Waals surface area contributed by atoms with Gasteiger partial charge in [0, 0.05) is 0 Å². The van der Waals surface area contributed by atoms with Crippen LogP contribution in [-0.4, -0.2) is 22.2 Å². The molecule has 2 unspecified atom stereocenters. The number of halogens is 3. The number of nitrogens with one attached hydrogen (secondary N) is 1. The number of aromatic nitrogens is 1. The molecule has 1 aromatic heterocycles. The van der Waals surface area contributed by atoms with Crippen molar-refractivity contribution < 1.29 is 5.11 Å². The lowest BCUT2D eigenvalue weighted by Gasteiger charge is -2.29. The van der Waals surface area contributed by atoms with E-state index in [9.17, 15) is 5.11 Å². The van der Waals surface area contributed by atoms with Crippen molar-refractivity contribution in [2.24, 2.45) is 0 Å². The van der Waals surface area contributed by atoms with Gasteiger partial charge in [-0.1, -0.05) is 47.6 Å². The van der Waals surface area contributed by atoms with Crippen LogP contribution in [0.1, 0.15) is 25.7 Å². The normalized spacial score (nSPS) is 24.7. The summed E-state index contributed by atoms with van der Waals surface area (Å²) in [6.45, 7) is 0. The predicted octanol–water partition coefficient (Wildman–Crippen LogP) is 3.76. The highest BCUT2D eigenvalue weighted by Crippen LogP contribution is 2.31. The van der Waals surface area contributed by atoms with Crippen molar-refractivity contribution in [3.63, 3.8) is 0 Å². The number of nitrogens with zero attached hydrogens (tertiary/aromatic N) is 1. The topological polar surface area (TPSA) is 45.1 Å². The Kier molecular flexibility index (Phi) is 4.36. The molecule has 6 heteroatoms. The van der Waals surface area contributed by atoms with Crippen LogP contribution in [0.3, 0.4) is 0 Å². The maximum Gasteiger partial charge on any atom is 0.150 e. The quantitative estimate of drug-likeness (QED) is 0.817. The van der Waals surface area contributed by atoms with E-state index in [0.29, 0.717) is 15.9 Å². The van der Waals surface area contributed by atoms with Crippen LogP contribution in [0.4, 0.5) is 5.82 Å². The zero-order valence-corrected chi connectivity index (χ0v) is 11.4. The maximum atomic E-state index is 9.85. The Balaban J connectivity index is 2.15. The average molecular weight is 296 g/mol. The summed E-state index contributed by atoms with van der Waals surface area (Å²) in [4.78, 5) is 4.08. The lowest BCUT2D eigenvalue weighted by Crippen LogP contribution is -2.36. The second-order valence-electron chi connectivity index (χ2n) is 4.19. The van der Waals surface area contributed by atoms with E-state index in [4.69, 9.17) is 34.8 Å². The Morgan fingerprint density at radius 2 is 1.88 bits per heavy atom. The lowest BCUT2D eigenvalue weighted by molar-refractivity contribution is 0.116. The molecule has 0 amide bonds. The van der Waals surface area contributed by atoms with E-state index in [-0.39, 0.29) is 17.3 Å². The molecule has 2 rings (SSSR count). The van der Waals surface area contributed by atoms with Gasteiger partial charge in [0.05, 0.1) is 22.2 Å². The predicted molar refractivity (Wildman–Crippen MR) is 71.2 cm³/mol. The molecule has 0 saturated heterocycles. The molecule has 0 aliphatic heterocycles. The van der Waals surface area contributed by atoms with Crippen LogP contribution in [-0.2, 0) is 0 Å². The smallest absolute Gasteiger partial charge is 0.150 e. The third-order valence-electron chi connectivity index (χ3n) is 2.94. The van der Waals surface area contributed by atoms with Crippen LogP contribution in [0.2, 0.25) is 15.2 Å². The molecule has 1 fully saturated rings. The van der Waals surface area contributed by atoms with Crippen molar-refractivity contribution in [1.82, 2.24) is 4.98 Å². The van der Waals surface area contributed by atoms with Gasteiger partial charge in [-0.2, -0.15) is 0 Å². The molecule has 3 nitrogen and oxygen atoms in total. The van der Waals surface area contributed by atoms with Crippen molar-refractivity contribution in [2.45, 2.75) is 37.8 Å². The number of hydrogen-bond acceptors (Lipinski definition) is 3. The van der Waals surface area contributed by atoms with Crippen molar-refractivity contribution in [2.75, 3.05) is 5.32 Å². The summed E-state index contributed by atoms with van der Waals surface area (Å²) in [6, 6.07) is 1.53. The minimum Gasteiger partial charge on any atom is -0.391 e. The van der Waals surface area contributed by atoms with Gasteiger partial charge in [0.25, 0.3) is 0 Å². The lowest BCUT2D eigenvalue weighted by atomic mass is 9.92. The van der Waals surface area contributed by atoms with Gasteiger partial charge in [-0.3, -0.25) is 0 Å². The van der Waals surface area contributed by atoms with Crippen molar-refractivity contribution in [3.8, 4) is 0 Å². The summed E-state index contributed by atoms with van der Waals surface area (Å²) in [5, 5.41) is 13.9. The number of aliphatic hydroxyl groups excluding tert-OH is 1. The van der Waals surface area contributed by atoms with Gasteiger partial charge in [0.15, 0.2) is 0 Å². The largest absolute Gasteiger partial charge is 0.391 e. The first-order chi connectivity index (χ1) is 8.08. The Bertz CT molecular complexity index is 414. The first kappa shape index (κ1) is 13.2. The molecule has 1 aliphatic rings. The highest BCUT2D eigenvalue weighted by molar-refractivity contribution is 6.42. The van der Waals surface area contributed by atoms with Crippen LogP contribution in [0, 0.1) is 0 Å². The number of hydrogen-bond donors (Lipinski definition) is 2. The zero-order valence-electron chi connectivity index (χ0n) is 9.09. The van der Waals surface area contributed by atoms with E-state index in [1.165, 1.54) is 0 Å². The van der Waals surface area contributed by atoms with Crippen molar-refractivity contribution in [1.29, 1.82) is 0 Å². The Hall–Kier alpha value is -0.220. The highest BCUT2D eigenvalue weighted by Gasteiger charge is 2.24. The number of anilines is 1. The SMILES string of the molecule is OC1CCCCC1Nc1nc(Cl)c(Cl)cc1Cl. The monoisotopic (exact) mass is 294 g/mol. The Labute approximate surface area is 115 Å². The van der Waals surface area contributed by atoms with Gasteiger partial charge in [-0.15, -0.1) is 0 Å². The van der Waals surface area contributed by atoms with Crippen LogP contribution >= 0.6 is 34.8 Å². The summed E-state index contributed by atoms with van der Waals surface area (Å²) < 4.78 is 0. The van der Waals surface area contributed by atoms with E-state index in [1.54, 1.807) is 6.07 Å². The third kappa shape index (κ3) is 3.16. The van der Waals surface area contributed by atoms with E-state index in [2.05, 4.69) is 10.3 Å². The van der Waals surface area contributed by atoms with Crippen LogP contribution in [0.25, 0.3) is 0 Å². The second kappa shape index (κ2) is 5.61. The molecule has 94 valence electrons. The average Bonchev–Trinajstić information content (AvgIpc) is 2.29. The van der Waals surface area contributed by atoms with Gasteiger partial charge in [0.2, 0.25) is 0 Å². The maximum absolute atomic E-state index is 9.85. The van der Waals surface area contributed by atoms with E-state index >= 15 is 0 Å². The van der Waals surface area contributed by atoms with Crippen LogP contribution in [0.5, 0.6) is 0 Å². The van der Waals surface area contributed by atoms with Gasteiger partial charge in [-0.05, 0) is 18.9 Å². The summed E-state index contributed by atoms with van der Waals surface area (Å²) in [5.74, 6) is 0.479. The summed E-state index contributed by atoms with van der Waals surface area (Å²) in [7, 11) is 0. The van der Waals surface area contributed by atoms with E-state index in [1.807, 2.05) is 0 Å². The van der Waals surface area contributed by atoms with E-state index in [0.717, 1.165) is 25.7 Å². The third-order valence-corrected chi connectivity index (χ3v) is 3.90. The number of aliphatic hydroxyl groups is 1. The molecule has 0 radical (unpaired) electrons. The molecule has 0 aromatic carbocycles. The van der Waals surface area contributed by atoms with Crippen LogP contribution in [0.15, 0.2) is 6.07 Å². The highest BCUT2D eigenvalue weighted by atomic mass is 35.5. The zero-order chi connectivity index (χ0) is 12.4. The van der Waals surface area contributed by atoms with Crippen molar-refractivity contribution >= 4 is 40.6 Å². The van der Waals surface area contributed by atoms with Gasteiger partial charge in [0.1, 0.15) is 11.0 Å². The van der Waals surface area contributed by atoms with Gasteiger partial charge in [-0.25, -0.2) is 4.98 Å². The minimum absolute atomic E-state index is 0.0222. The molecule has 0 spiro atoms. The molecule has 1 heterocycles. The first-order valence-corrected chi connectivity index (χ1v) is 6.67. The van der Waals surface area contributed by atoms with E-state index < -0.39 is 0 Å². The molecular formula is C11H13Cl3N2O. The molecule has 0 bridgehead atoms. The Morgan fingerprint density at radius 3 is 2.59 bits per heavy atom. The van der Waals surface area contributed by atoms with Crippen molar-refractivity contribution in [3.05, 3.63) is 21.3 Å². The number of pyridine rings is 1. The minimum atomic E-state index is -0.365. The fourth-order valence-electron chi connectivity index (χ4n) is 2.00. The summed E-state index contributed by atoms with van der Waals surface area (Å²) >= 11 is 17.7. The molecule has 1 saturated carbocycles. The standard InChI is InChI=1S/C11H13Cl3N2O/c12-6-5-7(13)11(16-10(6)14)15-8-3-1-2-4-9(8)17/h5,8-9,17H,1-4H2,(H,15,16). The molecular weight excluding hydrogens is 282 g/mol. The van der Waals surface area contributed by atoms with Gasteiger partial charge < -0.3 is 10.4 Å². The van der Waals surface area contributed by atoms with Gasteiger partial charge >= 0.3 is 0 Å². The first-order valence-electron chi connectivity index (χ1n) is 5.54. The second-order valence-corrected chi connectivity index (χ2v) is 5.37. The molecule has 2 N–H and O–H groups in total. The molecule has 1 aliphatic carbocycles. The fraction of sp³-hybridized carbons (Fsp3) is 0.545. The molecule has 17 heavy (non-hydrogen) atoms. The van der Waals surface area contributed by atoms with Crippen LogP contribution < -0.4 is 5.32 Å². The molecule has 2 atom stereocenters. The summed E-state index contributed by atoms with van der Waals surface area (Å²) in [6.07, 6.45) is 3.49. The summed E-state index contributed by atoms with van der Waals surface area (Å²) in [5.41, 5.74) is 0. The number of rotatable bonds is 2. The Morgan fingerprint density at radius 1 is 1.18 bits per heavy atom. The fourth-order valence-corrected chi connectivity index (χ4v) is 2.55. The molecule has 1 aromatic rings.